The summed E-state index contributed by atoms with van der Waals surface area (Å²) in [5, 5.41) is 24.0. The van der Waals surface area contributed by atoms with Crippen molar-refractivity contribution in [2.24, 2.45) is 5.73 Å². The number of carboxylic acids is 1. The van der Waals surface area contributed by atoms with Gasteiger partial charge in [-0.2, -0.15) is 0 Å². The number of amides is 3. The van der Waals surface area contributed by atoms with Crippen LogP contribution < -0.4 is 21.7 Å². The highest BCUT2D eigenvalue weighted by atomic mass is 16.4. The van der Waals surface area contributed by atoms with Gasteiger partial charge in [0.1, 0.15) is 12.6 Å². The molecule has 0 aromatic carbocycles. The molecule has 0 saturated heterocycles. The molecule has 0 bridgehead atoms. The molecule has 2 atom stereocenters. The van der Waals surface area contributed by atoms with Gasteiger partial charge in [0.2, 0.25) is 17.7 Å². The average Bonchev–Trinajstić information content (AvgIpc) is 3.08. The molecule has 0 saturated carbocycles. The second kappa shape index (κ2) is 10.00. The summed E-state index contributed by atoms with van der Waals surface area (Å²) in [7, 11) is 0. The van der Waals surface area contributed by atoms with Crippen LogP contribution in [-0.4, -0.2) is 75.7 Å². The second-order valence-electron chi connectivity index (χ2n) is 5.02. The van der Waals surface area contributed by atoms with E-state index in [-0.39, 0.29) is 6.42 Å². The van der Waals surface area contributed by atoms with E-state index in [0.29, 0.717) is 5.69 Å². The Morgan fingerprint density at radius 2 is 1.88 bits per heavy atom. The summed E-state index contributed by atoms with van der Waals surface area (Å²) in [4.78, 5) is 52.0. The third-order valence-corrected chi connectivity index (χ3v) is 3.00. The molecular formula is C13H20N6O6. The van der Waals surface area contributed by atoms with Gasteiger partial charge in [-0.1, -0.05) is 0 Å². The van der Waals surface area contributed by atoms with Crippen LogP contribution in [0.15, 0.2) is 12.5 Å². The van der Waals surface area contributed by atoms with Gasteiger partial charge in [0, 0.05) is 18.3 Å². The van der Waals surface area contributed by atoms with Crippen molar-refractivity contribution < 1.29 is 29.4 Å². The quantitative estimate of drug-likeness (QED) is 0.220. The van der Waals surface area contributed by atoms with E-state index in [1.54, 1.807) is 0 Å². The SMILES string of the molecule is NC(Cc1cnc[nH]1)C(=O)NCC(=O)NC(CO)C(=O)NCC(=O)O. The van der Waals surface area contributed by atoms with Crippen LogP contribution in [0.5, 0.6) is 0 Å². The number of hydrogen-bond donors (Lipinski definition) is 7. The van der Waals surface area contributed by atoms with Gasteiger partial charge in [0.25, 0.3) is 0 Å². The Balaban J connectivity index is 2.37. The number of aliphatic hydroxyl groups is 1. The summed E-state index contributed by atoms with van der Waals surface area (Å²) in [5.41, 5.74) is 6.34. The molecule has 138 valence electrons. The molecule has 0 spiro atoms. The number of carboxylic acid groups (broad SMARTS) is 1. The van der Waals surface area contributed by atoms with Crippen molar-refractivity contribution in [1.29, 1.82) is 0 Å². The molecule has 25 heavy (non-hydrogen) atoms. The monoisotopic (exact) mass is 356 g/mol. The summed E-state index contributed by atoms with van der Waals surface area (Å²) in [6, 6.07) is -2.23. The molecule has 1 rings (SSSR count). The number of nitrogens with two attached hydrogens (primary N) is 1. The topological polar surface area (TPSA) is 200 Å². The van der Waals surface area contributed by atoms with Crippen LogP contribution in [0.2, 0.25) is 0 Å². The van der Waals surface area contributed by atoms with E-state index in [1.807, 2.05) is 5.32 Å². The summed E-state index contributed by atoms with van der Waals surface area (Å²) in [5.74, 6) is -3.46. The summed E-state index contributed by atoms with van der Waals surface area (Å²) in [6.45, 7) is -1.84. The van der Waals surface area contributed by atoms with Gasteiger partial charge in [-0.05, 0) is 0 Å². The Labute approximate surface area is 142 Å². The number of aliphatic hydroxyl groups excluding tert-OH is 1. The van der Waals surface area contributed by atoms with Crippen molar-refractivity contribution >= 4 is 23.7 Å². The molecule has 0 aliphatic heterocycles. The zero-order valence-corrected chi connectivity index (χ0v) is 13.2. The number of H-pyrrole nitrogens is 1. The number of aliphatic carboxylic acids is 1. The molecule has 8 N–H and O–H groups in total. The van der Waals surface area contributed by atoms with Gasteiger partial charge >= 0.3 is 5.97 Å². The lowest BCUT2D eigenvalue weighted by Crippen LogP contribution is -2.53. The van der Waals surface area contributed by atoms with Crippen molar-refractivity contribution in [3.8, 4) is 0 Å². The first kappa shape index (κ1) is 20.1. The van der Waals surface area contributed by atoms with Crippen LogP contribution in [0.25, 0.3) is 0 Å². The smallest absolute Gasteiger partial charge is 0.322 e. The number of nitrogens with zero attached hydrogens (tertiary/aromatic N) is 1. The zero-order valence-electron chi connectivity index (χ0n) is 13.2. The number of nitrogens with one attached hydrogen (secondary N) is 4. The number of aromatic nitrogens is 2. The van der Waals surface area contributed by atoms with Crippen LogP contribution in [0.4, 0.5) is 0 Å². The fraction of sp³-hybridized carbons (Fsp3) is 0.462. The molecule has 1 aromatic heterocycles. The van der Waals surface area contributed by atoms with Crippen LogP contribution in [-0.2, 0) is 25.6 Å². The minimum absolute atomic E-state index is 0.199. The Bertz CT molecular complexity index is 604. The van der Waals surface area contributed by atoms with E-state index in [1.165, 1.54) is 12.5 Å². The zero-order chi connectivity index (χ0) is 18.8. The largest absolute Gasteiger partial charge is 0.480 e. The van der Waals surface area contributed by atoms with E-state index in [2.05, 4.69) is 20.6 Å². The van der Waals surface area contributed by atoms with Crippen LogP contribution in [0.3, 0.4) is 0 Å². The third kappa shape index (κ3) is 7.41. The van der Waals surface area contributed by atoms with E-state index < -0.39 is 55.5 Å². The van der Waals surface area contributed by atoms with Gasteiger partial charge < -0.3 is 36.9 Å². The van der Waals surface area contributed by atoms with Crippen molar-refractivity contribution in [3.05, 3.63) is 18.2 Å². The van der Waals surface area contributed by atoms with Gasteiger partial charge in [-0.15, -0.1) is 0 Å². The minimum atomic E-state index is -1.33. The van der Waals surface area contributed by atoms with Crippen LogP contribution >= 0.6 is 0 Å². The summed E-state index contributed by atoms with van der Waals surface area (Å²) >= 11 is 0. The van der Waals surface area contributed by atoms with Gasteiger partial charge in [0.05, 0.1) is 25.5 Å². The maximum absolute atomic E-state index is 11.8. The van der Waals surface area contributed by atoms with E-state index in [0.717, 1.165) is 0 Å². The molecule has 2 unspecified atom stereocenters. The molecule has 1 aromatic rings. The lowest BCUT2D eigenvalue weighted by molar-refractivity contribution is -0.138. The van der Waals surface area contributed by atoms with Gasteiger partial charge in [0.15, 0.2) is 0 Å². The molecule has 1 heterocycles. The normalized spacial score (nSPS) is 12.7. The molecule has 0 aliphatic rings. The first-order valence-corrected chi connectivity index (χ1v) is 7.23. The molecule has 0 fully saturated rings. The van der Waals surface area contributed by atoms with Crippen LogP contribution in [0.1, 0.15) is 5.69 Å². The van der Waals surface area contributed by atoms with Crippen molar-refractivity contribution in [3.63, 3.8) is 0 Å². The fourth-order valence-electron chi connectivity index (χ4n) is 1.75. The molecule has 12 nitrogen and oxygen atoms in total. The average molecular weight is 356 g/mol. The summed E-state index contributed by atoms with van der Waals surface area (Å²) in [6.07, 6.45) is 3.16. The first-order chi connectivity index (χ1) is 11.8. The Morgan fingerprint density at radius 3 is 2.44 bits per heavy atom. The molecular weight excluding hydrogens is 336 g/mol. The number of rotatable bonds is 10. The highest BCUT2D eigenvalue weighted by Gasteiger charge is 2.21. The highest BCUT2D eigenvalue weighted by molar-refractivity contribution is 5.92. The number of aromatic amines is 1. The van der Waals surface area contributed by atoms with Gasteiger partial charge in [-0.25, -0.2) is 4.98 Å². The molecule has 12 heteroatoms. The minimum Gasteiger partial charge on any atom is -0.480 e. The lowest BCUT2D eigenvalue weighted by Gasteiger charge is -2.16. The number of carbonyl (C=O) groups is 4. The number of hydrogen-bond acceptors (Lipinski definition) is 7. The Morgan fingerprint density at radius 1 is 1.20 bits per heavy atom. The highest BCUT2D eigenvalue weighted by Crippen LogP contribution is 1.96. The number of carbonyl (C=O) groups excluding carboxylic acids is 3. The Kier molecular flexibility index (Phi) is 8.02. The van der Waals surface area contributed by atoms with E-state index in [4.69, 9.17) is 15.9 Å². The summed E-state index contributed by atoms with van der Waals surface area (Å²) < 4.78 is 0. The predicted molar refractivity (Wildman–Crippen MR) is 82.9 cm³/mol. The fourth-order valence-corrected chi connectivity index (χ4v) is 1.75. The molecule has 0 radical (unpaired) electrons. The van der Waals surface area contributed by atoms with E-state index >= 15 is 0 Å². The maximum atomic E-state index is 11.8. The van der Waals surface area contributed by atoms with Crippen LogP contribution in [0, 0.1) is 0 Å². The number of imidazole rings is 1. The van der Waals surface area contributed by atoms with E-state index in [9.17, 15) is 19.2 Å². The maximum Gasteiger partial charge on any atom is 0.322 e. The lowest BCUT2D eigenvalue weighted by atomic mass is 10.1. The standard InChI is InChI=1S/C13H20N6O6/c14-8(1-7-2-15-6-18-7)12(24)16-3-10(21)19-9(5-20)13(25)17-4-11(22)23/h2,6,8-9,20H,1,3-5,14H2,(H,15,18)(H,16,24)(H,17,25)(H,19,21)(H,22,23). The first-order valence-electron chi connectivity index (χ1n) is 7.23. The Hall–Kier alpha value is -2.99. The van der Waals surface area contributed by atoms with Crippen molar-refractivity contribution in [2.75, 3.05) is 19.7 Å². The van der Waals surface area contributed by atoms with Gasteiger partial charge in [-0.3, -0.25) is 19.2 Å². The predicted octanol–water partition coefficient (Wildman–Crippen LogP) is -3.93. The molecule has 0 aliphatic carbocycles. The second-order valence-corrected chi connectivity index (χ2v) is 5.02. The molecule has 3 amide bonds. The van der Waals surface area contributed by atoms with Crippen molar-refractivity contribution in [1.82, 2.24) is 25.9 Å². The third-order valence-electron chi connectivity index (χ3n) is 3.00. The van der Waals surface area contributed by atoms with Crippen molar-refractivity contribution in [2.45, 2.75) is 18.5 Å².